The Morgan fingerprint density at radius 2 is 2.00 bits per heavy atom. The summed E-state index contributed by atoms with van der Waals surface area (Å²) in [5.74, 6) is -1.54. The molecule has 0 fully saturated rings. The molecule has 0 aliphatic carbocycles. The molecule has 0 aliphatic heterocycles. The summed E-state index contributed by atoms with van der Waals surface area (Å²) in [5, 5.41) is 27.3. The van der Waals surface area contributed by atoms with Gasteiger partial charge in [-0.2, -0.15) is 0 Å². The van der Waals surface area contributed by atoms with E-state index in [1.54, 1.807) is 0 Å². The first-order valence-electron chi connectivity index (χ1n) is 5.17. The minimum Gasteiger partial charge on any atom is -0.479 e. The summed E-state index contributed by atoms with van der Waals surface area (Å²) in [7, 11) is 0. The molecule has 2 unspecified atom stereocenters. The smallest absolute Gasteiger partial charge is 0.337 e. The summed E-state index contributed by atoms with van der Waals surface area (Å²) in [6.45, 7) is 1.11. The van der Waals surface area contributed by atoms with E-state index >= 15 is 0 Å². The van der Waals surface area contributed by atoms with E-state index in [4.69, 9.17) is 5.11 Å². The lowest BCUT2D eigenvalue weighted by atomic mass is 9.98. The zero-order valence-corrected chi connectivity index (χ0v) is 11.2. The van der Waals surface area contributed by atoms with Crippen LogP contribution in [0.15, 0.2) is 18.2 Å². The number of carboxylic acid groups (broad SMARTS) is 1. The number of alkyl halides is 1. The quantitative estimate of drug-likeness (QED) is 0.712. The number of hydrogen-bond acceptors (Lipinski definition) is 4. The topological polar surface area (TPSA) is 94.8 Å². The molecule has 0 saturated heterocycles. The van der Waals surface area contributed by atoms with Crippen molar-refractivity contribution in [3.8, 4) is 0 Å². The van der Waals surface area contributed by atoms with Gasteiger partial charge in [0.05, 0.1) is 11.4 Å². The molecular formula is C12H13BrO5. The largest absolute Gasteiger partial charge is 0.479 e. The van der Waals surface area contributed by atoms with Gasteiger partial charge in [-0.05, 0) is 23.6 Å². The lowest BCUT2D eigenvalue weighted by Gasteiger charge is -2.14. The van der Waals surface area contributed by atoms with Gasteiger partial charge in [0.2, 0.25) is 0 Å². The van der Waals surface area contributed by atoms with Crippen molar-refractivity contribution in [2.75, 3.05) is 0 Å². The van der Waals surface area contributed by atoms with E-state index in [-0.39, 0.29) is 18.0 Å². The highest BCUT2D eigenvalue weighted by molar-refractivity contribution is 9.09. The van der Waals surface area contributed by atoms with Crippen LogP contribution in [0.3, 0.4) is 0 Å². The molecule has 0 aromatic heterocycles. The van der Waals surface area contributed by atoms with Crippen molar-refractivity contribution >= 4 is 27.7 Å². The lowest BCUT2D eigenvalue weighted by molar-refractivity contribution is -0.146. The Balaban J connectivity index is 3.25. The second-order valence-electron chi connectivity index (χ2n) is 3.83. The second-order valence-corrected chi connectivity index (χ2v) is 4.75. The highest BCUT2D eigenvalue weighted by Crippen LogP contribution is 2.29. The van der Waals surface area contributed by atoms with Crippen LogP contribution < -0.4 is 0 Å². The summed E-state index contributed by atoms with van der Waals surface area (Å²) in [4.78, 5) is 21.4. The first-order valence-corrected chi connectivity index (χ1v) is 6.09. The van der Waals surface area contributed by atoms with Gasteiger partial charge >= 0.3 is 5.97 Å². The SMILES string of the molecule is CC(=O)C(Br)c1cc(C(O)C(=O)O)ccc1CO. The zero-order chi connectivity index (χ0) is 13.9. The number of rotatable bonds is 5. The number of hydrogen-bond donors (Lipinski definition) is 3. The first-order chi connectivity index (χ1) is 8.38. The van der Waals surface area contributed by atoms with E-state index in [0.717, 1.165) is 0 Å². The Bertz CT molecular complexity index is 472. The molecule has 2 atom stereocenters. The number of halogens is 1. The van der Waals surface area contributed by atoms with Gasteiger partial charge in [0.25, 0.3) is 0 Å². The highest BCUT2D eigenvalue weighted by Gasteiger charge is 2.21. The van der Waals surface area contributed by atoms with Crippen LogP contribution in [0, 0.1) is 0 Å². The molecule has 0 radical (unpaired) electrons. The minimum absolute atomic E-state index is 0.167. The number of carboxylic acids is 1. The van der Waals surface area contributed by atoms with E-state index in [2.05, 4.69) is 15.9 Å². The van der Waals surface area contributed by atoms with E-state index in [1.807, 2.05) is 0 Å². The van der Waals surface area contributed by atoms with Crippen LogP contribution in [0.1, 0.15) is 34.5 Å². The molecular weight excluding hydrogens is 304 g/mol. The Kier molecular flexibility index (Phi) is 5.01. The van der Waals surface area contributed by atoms with Crippen molar-refractivity contribution in [2.45, 2.75) is 24.5 Å². The minimum atomic E-state index is -1.65. The summed E-state index contributed by atoms with van der Waals surface area (Å²) in [5.41, 5.74) is 1.14. The van der Waals surface area contributed by atoms with Crippen molar-refractivity contribution in [3.05, 3.63) is 34.9 Å². The molecule has 5 nitrogen and oxygen atoms in total. The average Bonchev–Trinajstić information content (AvgIpc) is 2.35. The van der Waals surface area contributed by atoms with Gasteiger partial charge in [-0.1, -0.05) is 34.1 Å². The van der Waals surface area contributed by atoms with Crippen LogP contribution in [-0.2, 0) is 16.2 Å². The van der Waals surface area contributed by atoms with Crippen molar-refractivity contribution in [1.82, 2.24) is 0 Å². The summed E-state index contributed by atoms with van der Waals surface area (Å²) in [6.07, 6.45) is -1.65. The third-order valence-electron chi connectivity index (χ3n) is 2.52. The molecule has 1 aromatic carbocycles. The fraction of sp³-hybridized carbons (Fsp3) is 0.333. The molecule has 98 valence electrons. The molecule has 6 heteroatoms. The standard InChI is InChI=1S/C12H13BrO5/c1-6(15)10(13)9-4-7(11(16)12(17)18)2-3-8(9)5-14/h2-4,10-11,14,16H,5H2,1H3,(H,17,18). The molecule has 0 saturated carbocycles. The van der Waals surface area contributed by atoms with Gasteiger partial charge in [0.15, 0.2) is 6.10 Å². The monoisotopic (exact) mass is 316 g/mol. The number of carbonyl (C=O) groups is 2. The number of aliphatic carboxylic acids is 1. The fourth-order valence-corrected chi connectivity index (χ4v) is 1.95. The molecule has 3 N–H and O–H groups in total. The highest BCUT2D eigenvalue weighted by atomic mass is 79.9. The van der Waals surface area contributed by atoms with Gasteiger partial charge < -0.3 is 15.3 Å². The molecule has 0 heterocycles. The van der Waals surface area contributed by atoms with Crippen LogP contribution in [0.2, 0.25) is 0 Å². The number of aliphatic hydroxyl groups is 2. The molecule has 0 aliphatic rings. The number of carbonyl (C=O) groups excluding carboxylic acids is 1. The molecule has 0 spiro atoms. The van der Waals surface area contributed by atoms with Gasteiger partial charge in [0.1, 0.15) is 5.78 Å². The van der Waals surface area contributed by atoms with Crippen molar-refractivity contribution in [2.24, 2.45) is 0 Å². The zero-order valence-electron chi connectivity index (χ0n) is 9.63. The summed E-state index contributed by atoms with van der Waals surface area (Å²) < 4.78 is 0. The molecule has 1 aromatic rings. The van der Waals surface area contributed by atoms with Crippen LogP contribution in [0.5, 0.6) is 0 Å². The number of aliphatic hydroxyl groups excluding tert-OH is 2. The van der Waals surface area contributed by atoms with E-state index in [1.165, 1.54) is 25.1 Å². The summed E-state index contributed by atoms with van der Waals surface area (Å²) in [6, 6.07) is 4.31. The molecule has 18 heavy (non-hydrogen) atoms. The molecule has 0 bridgehead atoms. The summed E-state index contributed by atoms with van der Waals surface area (Å²) >= 11 is 3.17. The predicted octanol–water partition coefficient (Wildman–Crippen LogP) is 1.32. The van der Waals surface area contributed by atoms with Crippen LogP contribution in [0.25, 0.3) is 0 Å². The van der Waals surface area contributed by atoms with E-state index in [9.17, 15) is 19.8 Å². The van der Waals surface area contributed by atoms with Gasteiger partial charge in [-0.15, -0.1) is 0 Å². The Morgan fingerprint density at radius 3 is 2.44 bits per heavy atom. The maximum atomic E-state index is 11.3. The van der Waals surface area contributed by atoms with Crippen molar-refractivity contribution < 1.29 is 24.9 Å². The Labute approximate surface area is 112 Å². The normalized spacial score (nSPS) is 14.0. The van der Waals surface area contributed by atoms with E-state index < -0.39 is 16.9 Å². The fourth-order valence-electron chi connectivity index (χ4n) is 1.52. The van der Waals surface area contributed by atoms with Crippen molar-refractivity contribution in [1.29, 1.82) is 0 Å². The van der Waals surface area contributed by atoms with Crippen LogP contribution in [-0.4, -0.2) is 27.1 Å². The average molecular weight is 317 g/mol. The maximum Gasteiger partial charge on any atom is 0.337 e. The maximum absolute atomic E-state index is 11.3. The molecule has 1 rings (SSSR count). The molecule has 0 amide bonds. The van der Waals surface area contributed by atoms with Crippen LogP contribution >= 0.6 is 15.9 Å². The number of benzene rings is 1. The van der Waals surface area contributed by atoms with Crippen LogP contribution in [0.4, 0.5) is 0 Å². The third kappa shape index (κ3) is 3.16. The predicted molar refractivity (Wildman–Crippen MR) is 67.3 cm³/mol. The Hall–Kier alpha value is -1.24. The van der Waals surface area contributed by atoms with Gasteiger partial charge in [-0.3, -0.25) is 4.79 Å². The van der Waals surface area contributed by atoms with E-state index in [0.29, 0.717) is 11.1 Å². The number of ketones is 1. The van der Waals surface area contributed by atoms with Gasteiger partial charge in [-0.25, -0.2) is 4.79 Å². The number of Topliss-reactive ketones (excluding diaryl/α,β-unsaturated/α-hetero) is 1. The van der Waals surface area contributed by atoms with Crippen molar-refractivity contribution in [3.63, 3.8) is 0 Å². The van der Waals surface area contributed by atoms with Gasteiger partial charge in [0, 0.05) is 0 Å². The third-order valence-corrected chi connectivity index (χ3v) is 3.66. The second kappa shape index (κ2) is 6.08. The first kappa shape index (κ1) is 14.8. The Morgan fingerprint density at radius 1 is 1.39 bits per heavy atom. The lowest BCUT2D eigenvalue weighted by Crippen LogP contribution is -2.12.